The summed E-state index contributed by atoms with van der Waals surface area (Å²) in [6, 6.07) is 21.7. The summed E-state index contributed by atoms with van der Waals surface area (Å²) in [7, 11) is 1.88. The first-order valence-electron chi connectivity index (χ1n) is 9.54. The maximum Gasteiger partial charge on any atom is 0.319 e. The number of carbonyl (C=O) groups excluding carboxylic acids is 1. The molecule has 0 radical (unpaired) electrons. The Morgan fingerprint density at radius 1 is 0.923 bits per heavy atom. The maximum atomic E-state index is 12.5. The van der Waals surface area contributed by atoms with Crippen LogP contribution in [0.25, 0.3) is 0 Å². The van der Waals surface area contributed by atoms with E-state index in [1.54, 1.807) is 4.90 Å². The molecule has 0 bridgehead atoms. The van der Waals surface area contributed by atoms with E-state index < -0.39 is 0 Å². The second-order valence-electron chi connectivity index (χ2n) is 6.90. The van der Waals surface area contributed by atoms with Gasteiger partial charge in [0.25, 0.3) is 0 Å². The minimum Gasteiger partial charge on any atom is -0.328 e. The van der Waals surface area contributed by atoms with Crippen molar-refractivity contribution in [2.45, 2.75) is 19.4 Å². The van der Waals surface area contributed by atoms with Gasteiger partial charge < -0.3 is 9.80 Å². The van der Waals surface area contributed by atoms with Crippen LogP contribution >= 0.6 is 0 Å². The number of hydrogen-bond donors (Lipinski definition) is 0. The summed E-state index contributed by atoms with van der Waals surface area (Å²) in [5.74, 6) is 0. The highest BCUT2D eigenvalue weighted by Crippen LogP contribution is 2.29. The van der Waals surface area contributed by atoms with Gasteiger partial charge in [0, 0.05) is 39.8 Å². The Hall–Kier alpha value is -2.33. The van der Waals surface area contributed by atoms with Crippen molar-refractivity contribution in [1.29, 1.82) is 0 Å². The van der Waals surface area contributed by atoms with E-state index in [-0.39, 0.29) is 12.1 Å². The van der Waals surface area contributed by atoms with Crippen LogP contribution < -0.4 is 0 Å². The number of carbonyl (C=O) groups is 1. The van der Waals surface area contributed by atoms with Crippen molar-refractivity contribution in [3.8, 4) is 0 Å². The molecule has 0 atom stereocenters. The first kappa shape index (κ1) is 18.5. The van der Waals surface area contributed by atoms with Crippen molar-refractivity contribution in [2.75, 3.05) is 39.8 Å². The molecule has 1 saturated heterocycles. The Morgan fingerprint density at radius 2 is 1.50 bits per heavy atom. The fourth-order valence-electron chi connectivity index (χ4n) is 3.65. The van der Waals surface area contributed by atoms with Crippen molar-refractivity contribution >= 4 is 6.03 Å². The van der Waals surface area contributed by atoms with E-state index in [4.69, 9.17) is 0 Å². The summed E-state index contributed by atoms with van der Waals surface area (Å²) in [5, 5.41) is 0. The maximum absolute atomic E-state index is 12.5. The van der Waals surface area contributed by atoms with Crippen LogP contribution in [-0.4, -0.2) is 60.5 Å². The smallest absolute Gasteiger partial charge is 0.319 e. The van der Waals surface area contributed by atoms with E-state index in [9.17, 15) is 4.79 Å². The average molecular weight is 351 g/mol. The summed E-state index contributed by atoms with van der Waals surface area (Å²) in [4.78, 5) is 18.8. The van der Waals surface area contributed by atoms with Crippen molar-refractivity contribution < 1.29 is 4.79 Å². The zero-order chi connectivity index (χ0) is 18.4. The Kier molecular flexibility index (Phi) is 6.29. The molecule has 0 aromatic heterocycles. The molecule has 26 heavy (non-hydrogen) atoms. The third-order valence-electron chi connectivity index (χ3n) is 5.20. The van der Waals surface area contributed by atoms with Crippen LogP contribution in [0, 0.1) is 0 Å². The van der Waals surface area contributed by atoms with Crippen molar-refractivity contribution in [1.82, 2.24) is 14.7 Å². The number of amides is 2. The van der Waals surface area contributed by atoms with E-state index in [0.29, 0.717) is 0 Å². The first-order valence-corrected chi connectivity index (χ1v) is 9.54. The summed E-state index contributed by atoms with van der Waals surface area (Å²) in [6.45, 7) is 6.25. The van der Waals surface area contributed by atoms with E-state index >= 15 is 0 Å². The molecule has 4 heteroatoms. The van der Waals surface area contributed by atoms with E-state index in [1.807, 2.05) is 18.9 Å². The lowest BCUT2D eigenvalue weighted by molar-refractivity contribution is 0.164. The summed E-state index contributed by atoms with van der Waals surface area (Å²) in [6.07, 6.45) is 0.999. The minimum absolute atomic E-state index is 0.144. The van der Waals surface area contributed by atoms with Crippen LogP contribution in [0.1, 0.15) is 30.5 Å². The highest BCUT2D eigenvalue weighted by Gasteiger charge is 2.27. The number of urea groups is 1. The van der Waals surface area contributed by atoms with Gasteiger partial charge in [-0.15, -0.1) is 0 Å². The molecule has 1 heterocycles. The van der Waals surface area contributed by atoms with Gasteiger partial charge in [0.05, 0.1) is 6.04 Å². The van der Waals surface area contributed by atoms with Crippen LogP contribution in [0.4, 0.5) is 4.79 Å². The lowest BCUT2D eigenvalue weighted by Gasteiger charge is -2.32. The molecule has 0 N–H and O–H groups in total. The zero-order valence-corrected chi connectivity index (χ0v) is 15.8. The molecule has 1 aliphatic rings. The predicted molar refractivity (Wildman–Crippen MR) is 106 cm³/mol. The van der Waals surface area contributed by atoms with Crippen LogP contribution in [0.2, 0.25) is 0 Å². The highest BCUT2D eigenvalue weighted by molar-refractivity contribution is 5.74. The van der Waals surface area contributed by atoms with Crippen LogP contribution in [0.15, 0.2) is 60.7 Å². The quantitative estimate of drug-likeness (QED) is 0.836. The van der Waals surface area contributed by atoms with Gasteiger partial charge in [0.1, 0.15) is 0 Å². The molecule has 4 nitrogen and oxygen atoms in total. The molecular weight excluding hydrogens is 322 g/mol. The molecular formula is C22H29N3O. The normalized spacial score (nSPS) is 15.7. The van der Waals surface area contributed by atoms with E-state index in [1.165, 1.54) is 11.1 Å². The summed E-state index contributed by atoms with van der Waals surface area (Å²) >= 11 is 0. The zero-order valence-electron chi connectivity index (χ0n) is 15.8. The summed E-state index contributed by atoms with van der Waals surface area (Å²) < 4.78 is 0. The van der Waals surface area contributed by atoms with Crippen molar-refractivity contribution in [3.05, 3.63) is 71.8 Å². The lowest BCUT2D eigenvalue weighted by atomic mass is 9.97. The van der Waals surface area contributed by atoms with Crippen LogP contribution in [0.5, 0.6) is 0 Å². The molecule has 2 aromatic carbocycles. The predicted octanol–water partition coefficient (Wildman–Crippen LogP) is 3.86. The SMILES string of the molecule is CCN(C)C(=O)N1CCCN(C(c2ccccc2)c2ccccc2)CC1. The molecule has 3 rings (SSSR count). The van der Waals surface area contributed by atoms with Gasteiger partial charge in [-0.05, 0) is 24.5 Å². The Balaban J connectivity index is 1.81. The van der Waals surface area contributed by atoms with Crippen LogP contribution in [-0.2, 0) is 0 Å². The Bertz CT molecular complexity index is 650. The van der Waals surface area contributed by atoms with Gasteiger partial charge in [-0.2, -0.15) is 0 Å². The fraction of sp³-hybridized carbons (Fsp3) is 0.409. The average Bonchev–Trinajstić information content (AvgIpc) is 2.95. The molecule has 0 aliphatic carbocycles. The topological polar surface area (TPSA) is 26.8 Å². The molecule has 0 spiro atoms. The summed E-state index contributed by atoms with van der Waals surface area (Å²) in [5.41, 5.74) is 2.62. The third kappa shape index (κ3) is 4.25. The van der Waals surface area contributed by atoms with Crippen molar-refractivity contribution in [3.63, 3.8) is 0 Å². The third-order valence-corrected chi connectivity index (χ3v) is 5.20. The van der Waals surface area contributed by atoms with E-state index in [2.05, 4.69) is 65.6 Å². The van der Waals surface area contributed by atoms with Gasteiger partial charge in [-0.25, -0.2) is 4.79 Å². The Labute approximate surface area is 157 Å². The molecule has 1 fully saturated rings. The number of nitrogens with zero attached hydrogens (tertiary/aromatic N) is 3. The second-order valence-corrected chi connectivity index (χ2v) is 6.90. The number of rotatable bonds is 4. The molecule has 2 aromatic rings. The minimum atomic E-state index is 0.144. The Morgan fingerprint density at radius 3 is 2.04 bits per heavy atom. The standard InChI is InChI=1S/C22H29N3O/c1-3-23(2)22(26)25-16-10-15-24(17-18-25)21(19-11-6-4-7-12-19)20-13-8-5-9-14-20/h4-9,11-14,21H,3,10,15-18H2,1-2H3. The second kappa shape index (κ2) is 8.86. The largest absolute Gasteiger partial charge is 0.328 e. The van der Waals surface area contributed by atoms with Gasteiger partial charge >= 0.3 is 6.03 Å². The van der Waals surface area contributed by atoms with Crippen molar-refractivity contribution in [2.24, 2.45) is 0 Å². The molecule has 138 valence electrons. The van der Waals surface area contributed by atoms with Gasteiger partial charge in [0.15, 0.2) is 0 Å². The van der Waals surface area contributed by atoms with Gasteiger partial charge in [-0.1, -0.05) is 60.7 Å². The van der Waals surface area contributed by atoms with Crippen LogP contribution in [0.3, 0.4) is 0 Å². The monoisotopic (exact) mass is 351 g/mol. The van der Waals surface area contributed by atoms with E-state index in [0.717, 1.165) is 39.1 Å². The number of hydrogen-bond acceptors (Lipinski definition) is 2. The molecule has 2 amide bonds. The molecule has 0 saturated carbocycles. The van der Waals surface area contributed by atoms with Gasteiger partial charge in [-0.3, -0.25) is 4.90 Å². The number of benzene rings is 2. The first-order chi connectivity index (χ1) is 12.7. The fourth-order valence-corrected chi connectivity index (χ4v) is 3.65. The highest BCUT2D eigenvalue weighted by atomic mass is 16.2. The molecule has 1 aliphatic heterocycles. The molecule has 0 unspecified atom stereocenters. The lowest BCUT2D eigenvalue weighted by Crippen LogP contribution is -2.43. The van der Waals surface area contributed by atoms with Gasteiger partial charge in [0.2, 0.25) is 0 Å².